The molecule has 2 aromatic heterocycles. The van der Waals surface area contributed by atoms with Gasteiger partial charge in [-0.2, -0.15) is 0 Å². The molecule has 140 valence electrons. The number of rotatable bonds is 3. The van der Waals surface area contributed by atoms with E-state index in [9.17, 15) is 9.59 Å². The van der Waals surface area contributed by atoms with Crippen molar-refractivity contribution in [3.63, 3.8) is 0 Å². The maximum atomic E-state index is 12.9. The predicted molar refractivity (Wildman–Crippen MR) is 111 cm³/mol. The van der Waals surface area contributed by atoms with Gasteiger partial charge in [0, 0.05) is 11.8 Å². The van der Waals surface area contributed by atoms with Gasteiger partial charge in [-0.15, -0.1) is 0 Å². The summed E-state index contributed by atoms with van der Waals surface area (Å²) < 4.78 is 6.12. The molecule has 4 aromatic rings. The van der Waals surface area contributed by atoms with Gasteiger partial charge in [0.25, 0.3) is 0 Å². The number of pyridine rings is 1. The van der Waals surface area contributed by atoms with Crippen LogP contribution in [0.2, 0.25) is 5.02 Å². The number of carbonyl (C=O) groups excluding carboxylic acids is 1. The number of nitrogens with zero attached hydrogens (tertiary/aromatic N) is 1. The summed E-state index contributed by atoms with van der Waals surface area (Å²) >= 11 is 5.81. The van der Waals surface area contributed by atoms with Gasteiger partial charge in [0.1, 0.15) is 17.0 Å². The largest absolute Gasteiger partial charge is 0.455 e. The van der Waals surface area contributed by atoms with Gasteiger partial charge in [-0.3, -0.25) is 9.59 Å². The van der Waals surface area contributed by atoms with Crippen LogP contribution in [0.1, 0.15) is 16.7 Å². The molecule has 0 unspecified atom stereocenters. The molecule has 0 radical (unpaired) electrons. The van der Waals surface area contributed by atoms with Crippen LogP contribution >= 0.6 is 11.6 Å². The van der Waals surface area contributed by atoms with Crippen LogP contribution < -0.4 is 10.7 Å². The molecule has 2 heterocycles. The Hall–Kier alpha value is -3.18. The molecule has 0 fully saturated rings. The van der Waals surface area contributed by atoms with Crippen LogP contribution in [-0.2, 0) is 11.2 Å². The van der Waals surface area contributed by atoms with E-state index in [4.69, 9.17) is 16.0 Å². The van der Waals surface area contributed by atoms with Gasteiger partial charge < -0.3 is 9.73 Å². The minimum atomic E-state index is -0.258. The number of nitrogens with one attached hydrogen (secondary N) is 1. The number of hydrogen-bond acceptors (Lipinski definition) is 4. The maximum absolute atomic E-state index is 12.9. The van der Waals surface area contributed by atoms with Crippen LogP contribution in [0, 0.1) is 13.8 Å². The fourth-order valence-electron chi connectivity index (χ4n) is 3.18. The average Bonchev–Trinajstić information content (AvgIpc) is 2.68. The van der Waals surface area contributed by atoms with Crippen LogP contribution in [0.15, 0.2) is 57.9 Å². The van der Waals surface area contributed by atoms with E-state index in [1.54, 1.807) is 36.4 Å². The molecule has 1 N–H and O–H groups in total. The fraction of sp³-hybridized carbons (Fsp3) is 0.136. The Kier molecular flexibility index (Phi) is 4.61. The van der Waals surface area contributed by atoms with Crippen LogP contribution in [-0.4, -0.2) is 10.9 Å². The number of anilines is 1. The van der Waals surface area contributed by atoms with Crippen molar-refractivity contribution >= 4 is 45.3 Å². The maximum Gasteiger partial charge on any atom is 0.230 e. The second-order valence-electron chi connectivity index (χ2n) is 6.70. The summed E-state index contributed by atoms with van der Waals surface area (Å²) in [4.78, 5) is 29.5. The van der Waals surface area contributed by atoms with E-state index in [1.165, 1.54) is 6.20 Å². The van der Waals surface area contributed by atoms with E-state index in [2.05, 4.69) is 10.3 Å². The van der Waals surface area contributed by atoms with Gasteiger partial charge in [-0.25, -0.2) is 4.98 Å². The van der Waals surface area contributed by atoms with Crippen LogP contribution in [0.3, 0.4) is 0 Å². The molecule has 0 aliphatic rings. The van der Waals surface area contributed by atoms with Crippen molar-refractivity contribution in [2.75, 3.05) is 5.32 Å². The third-order valence-corrected chi connectivity index (χ3v) is 5.04. The summed E-state index contributed by atoms with van der Waals surface area (Å²) in [7, 11) is 0. The van der Waals surface area contributed by atoms with Gasteiger partial charge in [-0.05, 0) is 49.2 Å². The predicted octanol–water partition coefficient (Wildman–Crippen LogP) is 4.79. The minimum absolute atomic E-state index is 0.0565. The highest BCUT2D eigenvalue weighted by atomic mass is 35.5. The van der Waals surface area contributed by atoms with Gasteiger partial charge in [-0.1, -0.05) is 29.8 Å². The number of aryl methyl sites for hydroxylation is 2. The molecule has 0 bridgehead atoms. The molecular formula is C22H17ClN2O3. The average molecular weight is 393 g/mol. The summed E-state index contributed by atoms with van der Waals surface area (Å²) in [6.07, 6.45) is 1.52. The molecule has 6 heteroatoms. The van der Waals surface area contributed by atoms with Crippen molar-refractivity contribution in [2.24, 2.45) is 0 Å². The first-order valence-electron chi connectivity index (χ1n) is 8.80. The van der Waals surface area contributed by atoms with Gasteiger partial charge in [0.15, 0.2) is 0 Å². The normalized spacial score (nSPS) is 11.1. The number of benzene rings is 2. The highest BCUT2D eigenvalue weighted by molar-refractivity contribution is 6.30. The Balaban J connectivity index is 1.76. The molecule has 0 aliphatic heterocycles. The van der Waals surface area contributed by atoms with Crippen LogP contribution in [0.5, 0.6) is 0 Å². The number of halogens is 1. The zero-order valence-electron chi connectivity index (χ0n) is 15.4. The van der Waals surface area contributed by atoms with Crippen LogP contribution in [0.4, 0.5) is 5.82 Å². The van der Waals surface area contributed by atoms with E-state index in [0.29, 0.717) is 38.3 Å². The first-order chi connectivity index (χ1) is 13.4. The third kappa shape index (κ3) is 3.25. The molecule has 2 aromatic carbocycles. The SMILES string of the molecule is Cc1ccc2c(=O)c3cccc(CC(=O)Nc4ccc(Cl)cn4)c3oc2c1C. The summed E-state index contributed by atoms with van der Waals surface area (Å²) in [5.74, 6) is 0.152. The Morgan fingerprint density at radius 3 is 2.61 bits per heavy atom. The molecule has 0 atom stereocenters. The lowest BCUT2D eigenvalue weighted by Gasteiger charge is -2.10. The lowest BCUT2D eigenvalue weighted by atomic mass is 10.0. The third-order valence-electron chi connectivity index (χ3n) is 4.81. The Morgan fingerprint density at radius 1 is 1.07 bits per heavy atom. The zero-order chi connectivity index (χ0) is 19.8. The fourth-order valence-corrected chi connectivity index (χ4v) is 3.29. The molecule has 0 saturated carbocycles. The Labute approximate surface area is 166 Å². The molecule has 1 amide bonds. The zero-order valence-corrected chi connectivity index (χ0v) is 16.1. The minimum Gasteiger partial charge on any atom is -0.455 e. The molecule has 0 spiro atoms. The number of para-hydroxylation sites is 1. The van der Waals surface area contributed by atoms with Crippen molar-refractivity contribution < 1.29 is 9.21 Å². The van der Waals surface area contributed by atoms with E-state index in [1.807, 2.05) is 19.9 Å². The Bertz CT molecular complexity index is 1280. The van der Waals surface area contributed by atoms with Gasteiger partial charge >= 0.3 is 0 Å². The number of amides is 1. The number of fused-ring (bicyclic) bond motifs is 2. The van der Waals surface area contributed by atoms with Crippen molar-refractivity contribution in [1.29, 1.82) is 0 Å². The number of aromatic nitrogens is 1. The summed E-state index contributed by atoms with van der Waals surface area (Å²) in [6.45, 7) is 3.89. The van der Waals surface area contributed by atoms with Crippen molar-refractivity contribution in [3.05, 3.63) is 80.6 Å². The standard InChI is InChI=1S/C22H17ClN2O3/c1-12-6-8-17-20(27)16-5-3-4-14(22(16)28-21(17)13(12)2)10-19(26)25-18-9-7-15(23)11-24-18/h3-9,11H,10H2,1-2H3,(H,24,25,26). The highest BCUT2D eigenvalue weighted by Crippen LogP contribution is 2.26. The quantitative estimate of drug-likeness (QED) is 0.508. The van der Waals surface area contributed by atoms with E-state index in [-0.39, 0.29) is 17.8 Å². The van der Waals surface area contributed by atoms with E-state index >= 15 is 0 Å². The molecule has 5 nitrogen and oxygen atoms in total. The number of carbonyl (C=O) groups is 1. The molecule has 0 saturated heterocycles. The second-order valence-corrected chi connectivity index (χ2v) is 7.13. The van der Waals surface area contributed by atoms with Gasteiger partial charge in [0.2, 0.25) is 11.3 Å². The van der Waals surface area contributed by atoms with Crippen molar-refractivity contribution in [3.8, 4) is 0 Å². The second kappa shape index (κ2) is 7.09. The summed E-state index contributed by atoms with van der Waals surface area (Å²) in [5.41, 5.74) is 3.50. The molecule has 4 rings (SSSR count). The van der Waals surface area contributed by atoms with Crippen molar-refractivity contribution in [2.45, 2.75) is 20.3 Å². The summed E-state index contributed by atoms with van der Waals surface area (Å²) in [6, 6.07) is 12.2. The topological polar surface area (TPSA) is 72.2 Å². The van der Waals surface area contributed by atoms with Crippen molar-refractivity contribution in [1.82, 2.24) is 4.98 Å². The van der Waals surface area contributed by atoms with E-state index < -0.39 is 0 Å². The molecule has 0 aliphatic carbocycles. The molecular weight excluding hydrogens is 376 g/mol. The Morgan fingerprint density at radius 2 is 1.86 bits per heavy atom. The number of hydrogen-bond donors (Lipinski definition) is 1. The first kappa shape index (κ1) is 18.2. The monoisotopic (exact) mass is 392 g/mol. The lowest BCUT2D eigenvalue weighted by molar-refractivity contribution is -0.115. The van der Waals surface area contributed by atoms with Crippen LogP contribution in [0.25, 0.3) is 21.9 Å². The lowest BCUT2D eigenvalue weighted by Crippen LogP contribution is -2.16. The smallest absolute Gasteiger partial charge is 0.230 e. The first-order valence-corrected chi connectivity index (χ1v) is 9.18. The molecule has 28 heavy (non-hydrogen) atoms. The van der Waals surface area contributed by atoms with Gasteiger partial charge in [0.05, 0.1) is 22.2 Å². The highest BCUT2D eigenvalue weighted by Gasteiger charge is 2.15. The summed E-state index contributed by atoms with van der Waals surface area (Å²) in [5, 5.41) is 4.23. The van der Waals surface area contributed by atoms with E-state index in [0.717, 1.165) is 11.1 Å².